The summed E-state index contributed by atoms with van der Waals surface area (Å²) in [5.74, 6) is 3.17. The molecular weight excluding hydrogens is 396 g/mol. The van der Waals surface area contributed by atoms with E-state index in [4.69, 9.17) is 12.2 Å². The summed E-state index contributed by atoms with van der Waals surface area (Å²) in [7, 11) is 0. The molecule has 0 heterocycles. The molecule has 168 valence electrons. The summed E-state index contributed by atoms with van der Waals surface area (Å²) in [4.78, 5) is 25.7. The van der Waals surface area contributed by atoms with Crippen molar-refractivity contribution in [2.45, 2.75) is 90.6 Å². The quantitative estimate of drug-likeness (QED) is 0.404. The Morgan fingerprint density at radius 2 is 1.57 bits per heavy atom. The minimum absolute atomic E-state index is 0.0787. The van der Waals surface area contributed by atoms with Crippen LogP contribution in [0.5, 0.6) is 0 Å². The Morgan fingerprint density at radius 1 is 0.967 bits per heavy atom. The van der Waals surface area contributed by atoms with E-state index in [1.165, 1.54) is 32.1 Å². The fourth-order valence-corrected chi connectivity index (χ4v) is 7.22. The van der Waals surface area contributed by atoms with Gasteiger partial charge >= 0.3 is 0 Å². The first-order valence-electron chi connectivity index (χ1n) is 11.9. The number of rotatable bonds is 4. The molecular formula is C23H38N4O2S. The zero-order chi connectivity index (χ0) is 21.5. The lowest BCUT2D eigenvalue weighted by Crippen LogP contribution is -2.59. The first-order chi connectivity index (χ1) is 14.3. The van der Waals surface area contributed by atoms with Gasteiger partial charge in [-0.3, -0.25) is 20.4 Å². The Bertz CT molecular complexity index is 661. The average Bonchev–Trinajstić information content (AvgIpc) is 2.68. The number of hydrogen-bond donors (Lipinski definition) is 4. The van der Waals surface area contributed by atoms with Gasteiger partial charge in [-0.1, -0.05) is 26.7 Å². The summed E-state index contributed by atoms with van der Waals surface area (Å²) in [6, 6.07) is -0.256. The molecule has 4 bridgehead atoms. The Morgan fingerprint density at radius 3 is 2.17 bits per heavy atom. The van der Waals surface area contributed by atoms with Crippen LogP contribution >= 0.6 is 12.2 Å². The van der Waals surface area contributed by atoms with E-state index < -0.39 is 6.04 Å². The molecule has 4 N–H and O–H groups in total. The third kappa shape index (κ3) is 4.46. The van der Waals surface area contributed by atoms with Crippen LogP contribution in [0.3, 0.4) is 0 Å². The van der Waals surface area contributed by atoms with Gasteiger partial charge in [0.05, 0.1) is 0 Å². The number of thiocarbonyl (C=S) groups is 1. The van der Waals surface area contributed by atoms with Crippen molar-refractivity contribution in [1.82, 2.24) is 21.5 Å². The molecule has 5 saturated carbocycles. The zero-order valence-corrected chi connectivity index (χ0v) is 19.4. The summed E-state index contributed by atoms with van der Waals surface area (Å²) in [6.07, 6.45) is 10.5. The summed E-state index contributed by atoms with van der Waals surface area (Å²) in [6.45, 7) is 6.28. The monoisotopic (exact) mass is 434 g/mol. The van der Waals surface area contributed by atoms with E-state index in [1.807, 2.05) is 0 Å². The van der Waals surface area contributed by atoms with E-state index >= 15 is 0 Å². The Balaban J connectivity index is 1.23. The highest BCUT2D eigenvalue weighted by molar-refractivity contribution is 7.80. The summed E-state index contributed by atoms with van der Waals surface area (Å²) in [5, 5.41) is 6.78. The number of amides is 2. The van der Waals surface area contributed by atoms with Gasteiger partial charge in [0, 0.05) is 11.5 Å². The maximum atomic E-state index is 13.1. The van der Waals surface area contributed by atoms with Crippen LogP contribution in [0, 0.1) is 35.0 Å². The molecule has 5 aliphatic rings. The van der Waals surface area contributed by atoms with E-state index in [2.05, 4.69) is 35.3 Å². The van der Waals surface area contributed by atoms with Gasteiger partial charge in [-0.15, -0.1) is 0 Å². The van der Waals surface area contributed by atoms with Gasteiger partial charge in [0.15, 0.2) is 5.11 Å². The number of carbonyl (C=O) groups is 2. The Labute approximate surface area is 186 Å². The molecule has 0 aromatic carbocycles. The van der Waals surface area contributed by atoms with Gasteiger partial charge in [0.25, 0.3) is 5.91 Å². The molecule has 7 heteroatoms. The SMILES string of the molecule is C[C@@H]1[C@@H](C)CCC[C@H]1NC(=S)NNC(=O)[C@H](C)NC(=O)C12CC3CC(CC(C3)C1)C2. The van der Waals surface area contributed by atoms with Crippen LogP contribution in [0.4, 0.5) is 0 Å². The van der Waals surface area contributed by atoms with Crippen LogP contribution in [0.25, 0.3) is 0 Å². The van der Waals surface area contributed by atoms with Crippen molar-refractivity contribution in [3.05, 3.63) is 0 Å². The highest BCUT2D eigenvalue weighted by atomic mass is 32.1. The second kappa shape index (κ2) is 8.64. The zero-order valence-electron chi connectivity index (χ0n) is 18.6. The average molecular weight is 435 g/mol. The van der Waals surface area contributed by atoms with Crippen molar-refractivity contribution in [2.24, 2.45) is 35.0 Å². The number of hydrazine groups is 1. The van der Waals surface area contributed by atoms with E-state index in [0.717, 1.165) is 25.7 Å². The van der Waals surface area contributed by atoms with Gasteiger partial charge in [-0.05, 0) is 93.7 Å². The van der Waals surface area contributed by atoms with Gasteiger partial charge in [-0.2, -0.15) is 0 Å². The molecule has 5 fully saturated rings. The molecule has 4 atom stereocenters. The van der Waals surface area contributed by atoms with Gasteiger partial charge in [0.2, 0.25) is 5.91 Å². The van der Waals surface area contributed by atoms with Crippen molar-refractivity contribution in [3.8, 4) is 0 Å². The minimum Gasteiger partial charge on any atom is -0.358 e. The Hall–Kier alpha value is -1.37. The fourth-order valence-electron chi connectivity index (χ4n) is 7.02. The molecule has 5 rings (SSSR count). The normalized spacial score (nSPS) is 40.4. The van der Waals surface area contributed by atoms with Gasteiger partial charge in [0.1, 0.15) is 6.04 Å². The molecule has 5 aliphatic carbocycles. The molecule has 2 amide bonds. The largest absolute Gasteiger partial charge is 0.358 e. The van der Waals surface area contributed by atoms with Gasteiger partial charge in [-0.25, -0.2) is 0 Å². The molecule has 0 saturated heterocycles. The highest BCUT2D eigenvalue weighted by Gasteiger charge is 2.54. The predicted octanol–water partition coefficient (Wildman–Crippen LogP) is 3.03. The van der Waals surface area contributed by atoms with Crippen molar-refractivity contribution in [1.29, 1.82) is 0 Å². The summed E-state index contributed by atoms with van der Waals surface area (Å²) >= 11 is 5.37. The Kier molecular flexibility index (Phi) is 6.29. The molecule has 0 aromatic heterocycles. The van der Waals surface area contributed by atoms with E-state index in [1.54, 1.807) is 6.92 Å². The first kappa shape index (κ1) is 21.8. The smallest absolute Gasteiger partial charge is 0.260 e. The molecule has 30 heavy (non-hydrogen) atoms. The lowest BCUT2D eigenvalue weighted by Gasteiger charge is -2.55. The number of nitrogens with one attached hydrogen (secondary N) is 4. The van der Waals surface area contributed by atoms with Crippen LogP contribution in [0.15, 0.2) is 0 Å². The second-order valence-corrected chi connectivity index (χ2v) is 11.3. The molecule has 0 aromatic rings. The molecule has 0 aliphatic heterocycles. The number of carbonyl (C=O) groups excluding carboxylic acids is 2. The van der Waals surface area contributed by atoms with Crippen molar-refractivity contribution >= 4 is 29.1 Å². The van der Waals surface area contributed by atoms with Crippen LogP contribution in [0.1, 0.15) is 78.6 Å². The molecule has 0 radical (unpaired) electrons. The lowest BCUT2D eigenvalue weighted by molar-refractivity contribution is -0.148. The van der Waals surface area contributed by atoms with E-state index in [0.29, 0.717) is 40.7 Å². The second-order valence-electron chi connectivity index (χ2n) is 10.9. The predicted molar refractivity (Wildman–Crippen MR) is 121 cm³/mol. The maximum absolute atomic E-state index is 13.1. The number of hydrogen-bond acceptors (Lipinski definition) is 3. The van der Waals surface area contributed by atoms with E-state index in [9.17, 15) is 9.59 Å². The van der Waals surface area contributed by atoms with Crippen LogP contribution in [-0.2, 0) is 9.59 Å². The van der Waals surface area contributed by atoms with E-state index in [-0.39, 0.29) is 17.2 Å². The van der Waals surface area contributed by atoms with Crippen LogP contribution < -0.4 is 21.5 Å². The molecule has 6 nitrogen and oxygen atoms in total. The first-order valence-corrected chi connectivity index (χ1v) is 12.3. The summed E-state index contributed by atoms with van der Waals surface area (Å²) in [5.41, 5.74) is 5.26. The van der Waals surface area contributed by atoms with Gasteiger partial charge < -0.3 is 10.6 Å². The van der Waals surface area contributed by atoms with Crippen molar-refractivity contribution in [3.63, 3.8) is 0 Å². The van der Waals surface area contributed by atoms with Crippen LogP contribution in [0.2, 0.25) is 0 Å². The van der Waals surface area contributed by atoms with Crippen molar-refractivity contribution in [2.75, 3.05) is 0 Å². The minimum atomic E-state index is -0.588. The third-order valence-corrected chi connectivity index (χ3v) is 8.80. The third-order valence-electron chi connectivity index (χ3n) is 8.58. The van der Waals surface area contributed by atoms with Crippen LogP contribution in [-0.4, -0.2) is 29.0 Å². The fraction of sp³-hybridized carbons (Fsp3) is 0.870. The lowest BCUT2D eigenvalue weighted by atomic mass is 9.49. The molecule has 0 unspecified atom stereocenters. The maximum Gasteiger partial charge on any atom is 0.260 e. The standard InChI is InChI=1S/C23H38N4O2S/c1-13-5-4-6-19(14(13)2)25-22(30)27-26-20(28)15(3)24-21(29)23-10-16-7-17(11-23)9-18(8-16)12-23/h13-19H,4-12H2,1-3H3,(H,24,29)(H,26,28)(H2,25,27,30)/t13-,14+,15-,16?,17?,18?,19+,23?/m0/s1. The van der Waals surface area contributed by atoms with Crippen molar-refractivity contribution < 1.29 is 9.59 Å². The molecule has 0 spiro atoms. The summed E-state index contributed by atoms with van der Waals surface area (Å²) < 4.78 is 0. The topological polar surface area (TPSA) is 82.3 Å². The highest BCUT2D eigenvalue weighted by Crippen LogP contribution is 2.60.